The topological polar surface area (TPSA) is 82.1 Å². The zero-order valence-electron chi connectivity index (χ0n) is 13.5. The second kappa shape index (κ2) is 7.45. The number of rotatable bonds is 3. The summed E-state index contributed by atoms with van der Waals surface area (Å²) in [5, 5.41) is 11.7. The molecule has 0 aromatic heterocycles. The Bertz CT molecular complexity index is 682. The van der Waals surface area contributed by atoms with E-state index in [4.69, 9.17) is 21.4 Å². The smallest absolute Gasteiger partial charge is 0.321 e. The Morgan fingerprint density at radius 1 is 1.28 bits per heavy atom. The largest absolute Gasteiger partial charge is 0.481 e. The standard InChI is InChI=1S/C16H19ClFN3O4/c17-11-1-2-12(14(13(11)18)20-5-7-25-8-6-20)19-16(24)21-4-3-10(9-21)15(22)23/h1-2,10H,3-9H2,(H,19,24)(H,22,23). The number of carboxylic acid groups (broad SMARTS) is 1. The van der Waals surface area contributed by atoms with Crippen LogP contribution in [0.5, 0.6) is 0 Å². The Morgan fingerprint density at radius 3 is 2.64 bits per heavy atom. The summed E-state index contributed by atoms with van der Waals surface area (Å²) in [6.45, 7) is 2.41. The maximum atomic E-state index is 14.6. The number of urea groups is 1. The molecule has 2 aliphatic heterocycles. The molecule has 2 saturated heterocycles. The number of nitrogens with one attached hydrogen (secondary N) is 1. The van der Waals surface area contributed by atoms with Gasteiger partial charge in [-0.3, -0.25) is 4.79 Å². The van der Waals surface area contributed by atoms with Crippen LogP contribution in [-0.2, 0) is 9.53 Å². The normalized spacial score (nSPS) is 20.6. The van der Waals surface area contributed by atoms with E-state index in [9.17, 15) is 14.0 Å². The summed E-state index contributed by atoms with van der Waals surface area (Å²) in [5.41, 5.74) is 0.547. The highest BCUT2D eigenvalue weighted by Crippen LogP contribution is 2.34. The summed E-state index contributed by atoms with van der Waals surface area (Å²) in [4.78, 5) is 26.7. The van der Waals surface area contributed by atoms with E-state index in [1.165, 1.54) is 11.0 Å². The van der Waals surface area contributed by atoms with Gasteiger partial charge < -0.3 is 25.0 Å². The molecule has 1 atom stereocenters. The van der Waals surface area contributed by atoms with Gasteiger partial charge in [0.25, 0.3) is 0 Å². The fourth-order valence-electron chi connectivity index (χ4n) is 3.08. The average molecular weight is 372 g/mol. The van der Waals surface area contributed by atoms with E-state index in [-0.39, 0.29) is 17.3 Å². The number of ether oxygens (including phenoxy) is 1. The zero-order chi connectivity index (χ0) is 18.0. The van der Waals surface area contributed by atoms with Crippen molar-refractivity contribution in [2.45, 2.75) is 6.42 Å². The molecule has 0 saturated carbocycles. The van der Waals surface area contributed by atoms with Gasteiger partial charge in [0, 0.05) is 26.2 Å². The maximum Gasteiger partial charge on any atom is 0.321 e. The fourth-order valence-corrected chi connectivity index (χ4v) is 3.23. The van der Waals surface area contributed by atoms with E-state index < -0.39 is 23.7 Å². The van der Waals surface area contributed by atoms with Crippen LogP contribution in [0.25, 0.3) is 0 Å². The van der Waals surface area contributed by atoms with Gasteiger partial charge in [0.05, 0.1) is 35.5 Å². The molecular weight excluding hydrogens is 353 g/mol. The lowest BCUT2D eigenvalue weighted by atomic mass is 10.1. The van der Waals surface area contributed by atoms with Crippen LogP contribution in [0, 0.1) is 11.7 Å². The van der Waals surface area contributed by atoms with Crippen LogP contribution < -0.4 is 10.2 Å². The molecule has 0 bridgehead atoms. The molecule has 2 N–H and O–H groups in total. The van der Waals surface area contributed by atoms with Crippen molar-refractivity contribution in [3.05, 3.63) is 23.0 Å². The van der Waals surface area contributed by atoms with Crippen molar-refractivity contribution in [2.75, 3.05) is 49.6 Å². The highest BCUT2D eigenvalue weighted by Gasteiger charge is 2.31. The third-order valence-corrected chi connectivity index (χ3v) is 4.75. The number of benzene rings is 1. The first-order valence-electron chi connectivity index (χ1n) is 8.07. The minimum Gasteiger partial charge on any atom is -0.481 e. The number of carbonyl (C=O) groups is 2. The van der Waals surface area contributed by atoms with Gasteiger partial charge in [0.2, 0.25) is 0 Å². The predicted octanol–water partition coefficient (Wildman–Crippen LogP) is 2.25. The van der Waals surface area contributed by atoms with Gasteiger partial charge in [-0.1, -0.05) is 11.6 Å². The van der Waals surface area contributed by atoms with Gasteiger partial charge >= 0.3 is 12.0 Å². The number of anilines is 2. The van der Waals surface area contributed by atoms with Crippen LogP contribution in [0.2, 0.25) is 5.02 Å². The van der Waals surface area contributed by atoms with Crippen molar-refractivity contribution in [1.29, 1.82) is 0 Å². The van der Waals surface area contributed by atoms with E-state index in [1.807, 2.05) is 0 Å². The summed E-state index contributed by atoms with van der Waals surface area (Å²) < 4.78 is 19.9. The number of hydrogen-bond donors (Lipinski definition) is 2. The van der Waals surface area contributed by atoms with Crippen LogP contribution in [-0.4, -0.2) is 61.4 Å². The number of halogens is 2. The number of amides is 2. The number of carboxylic acids is 1. The highest BCUT2D eigenvalue weighted by atomic mass is 35.5. The predicted molar refractivity (Wildman–Crippen MR) is 90.8 cm³/mol. The Hall–Kier alpha value is -2.06. The Labute approximate surface area is 149 Å². The van der Waals surface area contributed by atoms with Crippen molar-refractivity contribution in [1.82, 2.24) is 4.90 Å². The first-order chi connectivity index (χ1) is 12.0. The molecule has 9 heteroatoms. The molecule has 1 unspecified atom stereocenters. The first kappa shape index (κ1) is 17.8. The molecule has 2 aliphatic rings. The van der Waals surface area contributed by atoms with Crippen LogP contribution in [0.15, 0.2) is 12.1 Å². The minimum atomic E-state index is -0.915. The molecule has 136 valence electrons. The van der Waals surface area contributed by atoms with E-state index in [2.05, 4.69) is 5.32 Å². The first-order valence-corrected chi connectivity index (χ1v) is 8.44. The van der Waals surface area contributed by atoms with Gasteiger partial charge in [-0.05, 0) is 18.6 Å². The lowest BCUT2D eigenvalue weighted by Gasteiger charge is -2.31. The van der Waals surface area contributed by atoms with E-state index >= 15 is 0 Å². The molecule has 0 spiro atoms. The number of hydrogen-bond acceptors (Lipinski definition) is 4. The Balaban J connectivity index is 1.79. The van der Waals surface area contributed by atoms with Gasteiger partial charge in [0.15, 0.2) is 5.82 Å². The van der Waals surface area contributed by atoms with E-state index in [1.54, 1.807) is 11.0 Å². The zero-order valence-corrected chi connectivity index (χ0v) is 14.3. The van der Waals surface area contributed by atoms with Crippen LogP contribution in [0.1, 0.15) is 6.42 Å². The van der Waals surface area contributed by atoms with E-state index in [0.29, 0.717) is 45.0 Å². The number of morpholine rings is 1. The van der Waals surface area contributed by atoms with Gasteiger partial charge in [-0.25, -0.2) is 9.18 Å². The molecule has 3 rings (SSSR count). The average Bonchev–Trinajstić information content (AvgIpc) is 3.10. The fraction of sp³-hybridized carbons (Fsp3) is 0.500. The number of nitrogens with zero attached hydrogens (tertiary/aromatic N) is 2. The summed E-state index contributed by atoms with van der Waals surface area (Å²) in [5.74, 6) is -2.07. The quantitative estimate of drug-likeness (QED) is 0.851. The summed E-state index contributed by atoms with van der Waals surface area (Å²) in [7, 11) is 0. The maximum absolute atomic E-state index is 14.6. The lowest BCUT2D eigenvalue weighted by molar-refractivity contribution is -0.141. The van der Waals surface area contributed by atoms with Gasteiger partial charge in [-0.2, -0.15) is 0 Å². The second-order valence-corrected chi connectivity index (χ2v) is 6.46. The lowest BCUT2D eigenvalue weighted by Crippen LogP contribution is -2.38. The van der Waals surface area contributed by atoms with Crippen LogP contribution >= 0.6 is 11.6 Å². The van der Waals surface area contributed by atoms with Crippen molar-refractivity contribution in [3.8, 4) is 0 Å². The van der Waals surface area contributed by atoms with Gasteiger partial charge in [0.1, 0.15) is 0 Å². The highest BCUT2D eigenvalue weighted by molar-refractivity contribution is 6.31. The summed E-state index contributed by atoms with van der Waals surface area (Å²) in [6.07, 6.45) is 0.411. The molecule has 2 heterocycles. The SMILES string of the molecule is O=C(O)C1CCN(C(=O)Nc2ccc(Cl)c(F)c2N2CCOCC2)C1. The third-order valence-electron chi connectivity index (χ3n) is 4.46. The molecule has 7 nitrogen and oxygen atoms in total. The van der Waals surface area contributed by atoms with Crippen LogP contribution in [0.4, 0.5) is 20.6 Å². The monoisotopic (exact) mass is 371 g/mol. The van der Waals surface area contributed by atoms with Crippen molar-refractivity contribution >= 4 is 35.0 Å². The molecule has 0 aliphatic carbocycles. The Kier molecular flexibility index (Phi) is 5.29. The second-order valence-electron chi connectivity index (χ2n) is 6.06. The molecule has 2 fully saturated rings. The molecule has 1 aromatic rings. The third kappa shape index (κ3) is 3.80. The number of likely N-dealkylation sites (tertiary alicyclic amines) is 1. The minimum absolute atomic E-state index is 0.0217. The van der Waals surface area contributed by atoms with Crippen molar-refractivity contribution in [2.24, 2.45) is 5.92 Å². The van der Waals surface area contributed by atoms with E-state index in [0.717, 1.165) is 0 Å². The van der Waals surface area contributed by atoms with Gasteiger partial charge in [-0.15, -0.1) is 0 Å². The van der Waals surface area contributed by atoms with Crippen molar-refractivity contribution in [3.63, 3.8) is 0 Å². The Morgan fingerprint density at radius 2 is 2.00 bits per heavy atom. The number of aliphatic carboxylic acids is 1. The summed E-state index contributed by atoms with van der Waals surface area (Å²) >= 11 is 5.90. The van der Waals surface area contributed by atoms with Crippen LogP contribution in [0.3, 0.4) is 0 Å². The molecule has 1 aromatic carbocycles. The molecule has 2 amide bonds. The molecular formula is C16H19ClFN3O4. The number of carbonyl (C=O) groups excluding carboxylic acids is 1. The van der Waals surface area contributed by atoms with Crippen molar-refractivity contribution < 1.29 is 23.8 Å². The molecule has 0 radical (unpaired) electrons. The molecule has 25 heavy (non-hydrogen) atoms. The summed E-state index contributed by atoms with van der Waals surface area (Å²) in [6, 6.07) is 2.50.